The monoisotopic (exact) mass is 384 g/mol. The Morgan fingerprint density at radius 1 is 1.26 bits per heavy atom. The third-order valence-electron chi connectivity index (χ3n) is 4.47. The summed E-state index contributed by atoms with van der Waals surface area (Å²) in [5.41, 5.74) is 0.551. The van der Waals surface area contributed by atoms with Crippen molar-refractivity contribution >= 4 is 28.1 Å². The second kappa shape index (κ2) is 8.92. The van der Waals surface area contributed by atoms with E-state index in [-0.39, 0.29) is 17.5 Å². The van der Waals surface area contributed by atoms with Crippen molar-refractivity contribution in [2.75, 3.05) is 20.6 Å². The lowest BCUT2D eigenvalue weighted by Gasteiger charge is -2.23. The molecule has 0 aliphatic heterocycles. The number of thiophene rings is 1. The van der Waals surface area contributed by atoms with Gasteiger partial charge in [-0.2, -0.15) is 0 Å². The number of hydrogen-bond donors (Lipinski definition) is 2. The van der Waals surface area contributed by atoms with E-state index in [0.717, 1.165) is 0 Å². The minimum Gasteiger partial charge on any atom is -0.354 e. The van der Waals surface area contributed by atoms with Crippen molar-refractivity contribution in [2.24, 2.45) is 0 Å². The highest BCUT2D eigenvalue weighted by atomic mass is 32.1. The van der Waals surface area contributed by atoms with Gasteiger partial charge in [-0.1, -0.05) is 18.2 Å². The molecule has 0 aliphatic carbocycles. The Hall–Kier alpha value is -2.51. The molecule has 142 valence electrons. The highest BCUT2D eigenvalue weighted by molar-refractivity contribution is 7.10. The first-order valence-electron chi connectivity index (χ1n) is 8.99. The van der Waals surface area contributed by atoms with Gasteiger partial charge in [-0.15, -0.1) is 11.3 Å². The number of para-hydroxylation sites is 1. The van der Waals surface area contributed by atoms with Gasteiger partial charge in [0.1, 0.15) is 5.82 Å². The van der Waals surface area contributed by atoms with Crippen LogP contribution < -0.4 is 10.9 Å². The number of aryl methyl sites for hydroxylation is 1. The molecule has 2 N–H and O–H groups in total. The number of fused-ring (bicyclic) bond motifs is 1. The Bertz CT molecular complexity index is 950. The smallest absolute Gasteiger partial charge is 0.258 e. The first kappa shape index (κ1) is 19.3. The topological polar surface area (TPSA) is 78.1 Å². The zero-order valence-corrected chi connectivity index (χ0v) is 16.4. The van der Waals surface area contributed by atoms with E-state index in [4.69, 9.17) is 0 Å². The molecule has 2 aromatic heterocycles. The van der Waals surface area contributed by atoms with Crippen LogP contribution in [0.5, 0.6) is 0 Å². The van der Waals surface area contributed by atoms with Gasteiger partial charge in [0, 0.05) is 24.3 Å². The predicted molar refractivity (Wildman–Crippen MR) is 109 cm³/mol. The summed E-state index contributed by atoms with van der Waals surface area (Å²) in [6.45, 7) is 0.581. The van der Waals surface area contributed by atoms with Gasteiger partial charge in [0.15, 0.2) is 0 Å². The summed E-state index contributed by atoms with van der Waals surface area (Å²) in [4.78, 5) is 34.9. The van der Waals surface area contributed by atoms with Crippen LogP contribution in [0.2, 0.25) is 0 Å². The van der Waals surface area contributed by atoms with Crippen LogP contribution in [0.1, 0.15) is 29.6 Å². The number of carbonyl (C=O) groups is 1. The summed E-state index contributed by atoms with van der Waals surface area (Å²) in [5.74, 6) is 0.637. The second-order valence-electron chi connectivity index (χ2n) is 6.68. The number of nitrogens with one attached hydrogen (secondary N) is 2. The molecule has 1 amide bonds. The minimum atomic E-state index is -0.134. The Balaban J connectivity index is 1.50. The van der Waals surface area contributed by atoms with Gasteiger partial charge in [-0.05, 0) is 44.1 Å². The zero-order chi connectivity index (χ0) is 19.2. The van der Waals surface area contributed by atoms with Crippen molar-refractivity contribution in [3.05, 3.63) is 62.8 Å². The van der Waals surface area contributed by atoms with Gasteiger partial charge in [-0.25, -0.2) is 4.98 Å². The van der Waals surface area contributed by atoms with Crippen LogP contribution in [0.25, 0.3) is 10.9 Å². The molecule has 3 rings (SSSR count). The molecule has 0 bridgehead atoms. The van der Waals surface area contributed by atoms with E-state index in [0.29, 0.717) is 42.5 Å². The maximum Gasteiger partial charge on any atom is 0.258 e. The van der Waals surface area contributed by atoms with E-state index in [2.05, 4.69) is 26.3 Å². The molecule has 0 saturated heterocycles. The number of amides is 1. The van der Waals surface area contributed by atoms with Crippen LogP contribution in [-0.2, 0) is 11.2 Å². The summed E-state index contributed by atoms with van der Waals surface area (Å²) in [6, 6.07) is 11.5. The predicted octanol–water partition coefficient (Wildman–Crippen LogP) is 2.73. The molecular weight excluding hydrogens is 360 g/mol. The number of carbonyl (C=O) groups excluding carboxylic acids is 1. The van der Waals surface area contributed by atoms with Crippen LogP contribution in [0.4, 0.5) is 0 Å². The molecule has 1 atom stereocenters. The number of likely N-dealkylation sites (N-methyl/N-ethyl adjacent to an activating group) is 1. The summed E-state index contributed by atoms with van der Waals surface area (Å²) >= 11 is 1.69. The molecule has 27 heavy (non-hydrogen) atoms. The van der Waals surface area contributed by atoms with Crippen LogP contribution >= 0.6 is 11.3 Å². The largest absolute Gasteiger partial charge is 0.354 e. The third kappa shape index (κ3) is 5.02. The highest BCUT2D eigenvalue weighted by Crippen LogP contribution is 2.22. The number of hydrogen-bond acceptors (Lipinski definition) is 5. The van der Waals surface area contributed by atoms with Gasteiger partial charge in [0.05, 0.1) is 16.9 Å². The Kier molecular flexibility index (Phi) is 6.36. The lowest BCUT2D eigenvalue weighted by atomic mass is 10.2. The first-order valence-corrected chi connectivity index (χ1v) is 9.87. The quantitative estimate of drug-likeness (QED) is 0.626. The van der Waals surface area contributed by atoms with Crippen molar-refractivity contribution in [1.29, 1.82) is 0 Å². The molecule has 6 nitrogen and oxygen atoms in total. The zero-order valence-electron chi connectivity index (χ0n) is 15.6. The van der Waals surface area contributed by atoms with Crippen LogP contribution in [-0.4, -0.2) is 41.4 Å². The molecule has 0 spiro atoms. The van der Waals surface area contributed by atoms with E-state index in [1.54, 1.807) is 17.4 Å². The van der Waals surface area contributed by atoms with Crippen molar-refractivity contribution in [1.82, 2.24) is 20.2 Å². The van der Waals surface area contributed by atoms with E-state index >= 15 is 0 Å². The lowest BCUT2D eigenvalue weighted by Crippen LogP contribution is -2.34. The molecule has 0 aliphatic rings. The van der Waals surface area contributed by atoms with Gasteiger partial charge >= 0.3 is 0 Å². The fourth-order valence-corrected chi connectivity index (χ4v) is 3.91. The van der Waals surface area contributed by atoms with Gasteiger partial charge < -0.3 is 15.2 Å². The van der Waals surface area contributed by atoms with Crippen LogP contribution in [0.15, 0.2) is 46.6 Å². The van der Waals surface area contributed by atoms with E-state index in [1.807, 2.05) is 43.7 Å². The van der Waals surface area contributed by atoms with Crippen molar-refractivity contribution in [2.45, 2.75) is 25.3 Å². The number of benzene rings is 1. The molecule has 2 heterocycles. The summed E-state index contributed by atoms with van der Waals surface area (Å²) < 4.78 is 0. The number of aromatic nitrogens is 2. The van der Waals surface area contributed by atoms with E-state index < -0.39 is 0 Å². The van der Waals surface area contributed by atoms with Crippen molar-refractivity contribution in [3.63, 3.8) is 0 Å². The molecule has 7 heteroatoms. The lowest BCUT2D eigenvalue weighted by molar-refractivity contribution is -0.121. The van der Waals surface area contributed by atoms with E-state index in [1.165, 1.54) is 4.88 Å². The fourth-order valence-electron chi connectivity index (χ4n) is 2.99. The van der Waals surface area contributed by atoms with Crippen LogP contribution in [0.3, 0.4) is 0 Å². The maximum absolute atomic E-state index is 12.2. The molecule has 0 saturated carbocycles. The second-order valence-corrected chi connectivity index (χ2v) is 7.66. The normalized spacial score (nSPS) is 12.4. The number of rotatable bonds is 8. The van der Waals surface area contributed by atoms with Crippen LogP contribution in [0, 0.1) is 0 Å². The van der Waals surface area contributed by atoms with Gasteiger partial charge in [0.25, 0.3) is 5.56 Å². The average Bonchev–Trinajstić information content (AvgIpc) is 3.16. The molecule has 1 aromatic carbocycles. The maximum atomic E-state index is 12.2. The van der Waals surface area contributed by atoms with Crippen molar-refractivity contribution < 1.29 is 4.79 Å². The first-order chi connectivity index (χ1) is 13.0. The number of nitrogens with zero attached hydrogens (tertiary/aromatic N) is 2. The molecule has 0 fully saturated rings. The average molecular weight is 385 g/mol. The number of H-pyrrole nitrogens is 1. The fraction of sp³-hybridized carbons (Fsp3) is 0.350. The Morgan fingerprint density at radius 2 is 2.07 bits per heavy atom. The van der Waals surface area contributed by atoms with Crippen molar-refractivity contribution in [3.8, 4) is 0 Å². The summed E-state index contributed by atoms with van der Waals surface area (Å²) in [6.07, 6.45) is 1.61. The SMILES string of the molecule is CN(C)C(CNC(=O)CCCc1nc2ccccc2c(=O)[nH]1)c1cccs1. The molecule has 0 radical (unpaired) electrons. The number of aromatic amines is 1. The minimum absolute atomic E-state index is 0.0153. The molecule has 1 unspecified atom stereocenters. The third-order valence-corrected chi connectivity index (χ3v) is 5.44. The summed E-state index contributed by atoms with van der Waals surface area (Å²) in [7, 11) is 4.02. The Morgan fingerprint density at radius 3 is 2.81 bits per heavy atom. The van der Waals surface area contributed by atoms with Gasteiger partial charge in [0.2, 0.25) is 5.91 Å². The highest BCUT2D eigenvalue weighted by Gasteiger charge is 2.16. The molecular formula is C20H24N4O2S. The van der Waals surface area contributed by atoms with E-state index in [9.17, 15) is 9.59 Å². The summed E-state index contributed by atoms with van der Waals surface area (Å²) in [5, 5.41) is 5.65. The molecule has 3 aromatic rings. The Labute approximate surface area is 162 Å². The standard InChI is InChI=1S/C20H24N4O2S/c1-24(2)16(17-9-6-12-27-17)13-21-19(25)11-5-10-18-22-15-8-4-3-7-14(15)20(26)23-18/h3-4,6-9,12,16H,5,10-11,13H2,1-2H3,(H,21,25)(H,22,23,26). The van der Waals surface area contributed by atoms with Gasteiger partial charge in [-0.3, -0.25) is 9.59 Å².